The van der Waals surface area contributed by atoms with Gasteiger partial charge in [0.15, 0.2) is 11.7 Å². The van der Waals surface area contributed by atoms with E-state index in [-0.39, 0.29) is 56.5 Å². The number of anilines is 1. The van der Waals surface area contributed by atoms with Gasteiger partial charge in [-0.3, -0.25) is 23.9 Å². The lowest BCUT2D eigenvalue weighted by atomic mass is 9.98. The number of benzene rings is 2. The quantitative estimate of drug-likeness (QED) is 0.161. The molecule has 2 aromatic carbocycles. The number of amides is 5. The molecule has 0 aliphatic carbocycles. The number of ether oxygens (including phenoxy) is 3. The standard InChI is InChI=1S/C33H41N5O6.C17H30N2O4.CH4/c1-21-8-13-36(14-9-21)30(39)28(20-23-18-22(2)29-27(19-23)43-32(41)35(29)3)44-33(42)37-15-11-25(12-16-37)38-17-10-24-6-4-5-7-26(24)34-31(38)40;1-15-5-8-19(9-6-15)16(20)3-4-17(21)23-12-2-7-18-10-13-22-14-11-18;/h4-7,18-19,21,25,28H,8-17,20H2,1-3H3,(H,34,40);15H,2-14H2,1H3;1H4/t28-;;/m1../s1. The Morgan fingerprint density at radius 3 is 2.15 bits per heavy atom. The Labute approximate surface area is 401 Å². The molecule has 4 fully saturated rings. The first-order chi connectivity index (χ1) is 32.3. The molecular weight excluding hydrogens is 871 g/mol. The number of carbonyl (C=O) groups excluding carboxylic acids is 5. The molecule has 0 bridgehead atoms. The fourth-order valence-electron chi connectivity index (χ4n) is 9.82. The molecule has 374 valence electrons. The summed E-state index contributed by atoms with van der Waals surface area (Å²) in [5.74, 6) is 0.428. The van der Waals surface area contributed by atoms with Gasteiger partial charge in [-0.2, -0.15) is 0 Å². The smallest absolute Gasteiger partial charge is 0.419 e. The van der Waals surface area contributed by atoms with Crippen LogP contribution in [-0.4, -0.2) is 156 Å². The van der Waals surface area contributed by atoms with Gasteiger partial charge in [0.25, 0.3) is 5.91 Å². The van der Waals surface area contributed by atoms with Gasteiger partial charge in [0.05, 0.1) is 31.8 Å². The minimum atomic E-state index is -1.00. The highest BCUT2D eigenvalue weighted by molar-refractivity contribution is 5.91. The lowest BCUT2D eigenvalue weighted by molar-refractivity contribution is -0.146. The maximum absolute atomic E-state index is 13.8. The van der Waals surface area contributed by atoms with Crippen molar-refractivity contribution in [3.8, 4) is 0 Å². The van der Waals surface area contributed by atoms with E-state index in [1.807, 2.05) is 47.1 Å². The number of nitrogens with one attached hydrogen (secondary N) is 1. The number of morpholine rings is 1. The van der Waals surface area contributed by atoms with Crippen molar-refractivity contribution in [3.05, 3.63) is 63.6 Å². The van der Waals surface area contributed by atoms with Crippen LogP contribution in [0.1, 0.15) is 95.8 Å². The molecule has 17 heteroatoms. The minimum Gasteiger partial charge on any atom is -0.466 e. The number of piperidine rings is 3. The molecule has 68 heavy (non-hydrogen) atoms. The Hall–Kier alpha value is -5.42. The number of urea groups is 1. The Kier molecular flexibility index (Phi) is 18.9. The van der Waals surface area contributed by atoms with Crippen LogP contribution in [-0.2, 0) is 48.5 Å². The fraction of sp³-hybridized carbons (Fsp3) is 0.647. The molecule has 0 saturated carbocycles. The topological polar surface area (TPSA) is 176 Å². The molecule has 1 N–H and O–H groups in total. The molecule has 1 aromatic heterocycles. The zero-order chi connectivity index (χ0) is 47.5. The van der Waals surface area contributed by atoms with E-state index >= 15 is 0 Å². The van der Waals surface area contributed by atoms with Crippen molar-refractivity contribution < 1.29 is 42.6 Å². The van der Waals surface area contributed by atoms with Crippen LogP contribution < -0.4 is 11.1 Å². The summed E-state index contributed by atoms with van der Waals surface area (Å²) in [7, 11) is 1.66. The molecule has 1 atom stereocenters. The van der Waals surface area contributed by atoms with Gasteiger partial charge in [-0.05, 0) is 98.9 Å². The average Bonchev–Trinajstić information content (AvgIpc) is 3.51. The monoisotopic (exact) mass is 946 g/mol. The predicted octanol–water partition coefficient (Wildman–Crippen LogP) is 6.23. The van der Waals surface area contributed by atoms with Gasteiger partial charge < -0.3 is 43.5 Å². The van der Waals surface area contributed by atoms with Crippen LogP contribution in [0.2, 0.25) is 0 Å². The Bertz CT molecular complexity index is 2230. The Morgan fingerprint density at radius 1 is 0.809 bits per heavy atom. The molecule has 8 rings (SSSR count). The maximum Gasteiger partial charge on any atom is 0.419 e. The van der Waals surface area contributed by atoms with Gasteiger partial charge in [-0.1, -0.05) is 45.5 Å². The van der Waals surface area contributed by atoms with Crippen LogP contribution in [0.4, 0.5) is 15.3 Å². The highest BCUT2D eigenvalue weighted by Gasteiger charge is 2.35. The normalized spacial score (nSPS) is 19.2. The number of para-hydroxylation sites is 1. The SMILES string of the molecule is C.CC1CCN(C(=O)CCC(=O)OCCCN2CCOCC2)CC1.Cc1cc(C[C@@H](OC(=O)N2CCC(N3CCc4ccccc4NC3=O)CC2)C(=O)N2CCC(C)CC2)cc2oc(=O)n(C)c12. The van der Waals surface area contributed by atoms with E-state index in [0.717, 1.165) is 107 Å². The van der Waals surface area contributed by atoms with E-state index < -0.39 is 18.0 Å². The number of hydrogen-bond donors (Lipinski definition) is 1. The zero-order valence-corrected chi connectivity index (χ0v) is 40.0. The summed E-state index contributed by atoms with van der Waals surface area (Å²) in [6, 6.07) is 11.4. The number of hydrogen-bond acceptors (Lipinski definition) is 11. The number of aryl methyl sites for hydroxylation is 2. The molecule has 3 aromatic rings. The molecule has 6 heterocycles. The van der Waals surface area contributed by atoms with E-state index in [4.69, 9.17) is 18.6 Å². The van der Waals surface area contributed by atoms with Crippen molar-refractivity contribution in [2.24, 2.45) is 18.9 Å². The van der Waals surface area contributed by atoms with Crippen LogP contribution in [0.5, 0.6) is 0 Å². The summed E-state index contributed by atoms with van der Waals surface area (Å²) in [4.78, 5) is 85.7. The summed E-state index contributed by atoms with van der Waals surface area (Å²) in [6.45, 7) is 15.6. The third-order valence-electron chi connectivity index (χ3n) is 14.1. The lowest BCUT2D eigenvalue weighted by Gasteiger charge is -2.38. The predicted molar refractivity (Wildman–Crippen MR) is 259 cm³/mol. The molecule has 0 radical (unpaired) electrons. The number of carbonyl (C=O) groups is 5. The first-order valence-corrected chi connectivity index (χ1v) is 24.5. The number of rotatable bonds is 12. The van der Waals surface area contributed by atoms with Gasteiger partial charge in [0, 0.05) is 97.1 Å². The minimum absolute atomic E-state index is 0. The van der Waals surface area contributed by atoms with Gasteiger partial charge in [0.2, 0.25) is 5.91 Å². The van der Waals surface area contributed by atoms with Gasteiger partial charge >= 0.3 is 23.8 Å². The third kappa shape index (κ3) is 13.9. The van der Waals surface area contributed by atoms with Gasteiger partial charge in [-0.25, -0.2) is 14.4 Å². The third-order valence-corrected chi connectivity index (χ3v) is 14.1. The van der Waals surface area contributed by atoms with E-state index in [9.17, 15) is 28.8 Å². The first kappa shape index (κ1) is 52.0. The number of oxazole rings is 1. The van der Waals surface area contributed by atoms with E-state index in [1.54, 1.807) is 22.9 Å². The molecule has 17 nitrogen and oxygen atoms in total. The fourth-order valence-corrected chi connectivity index (χ4v) is 9.82. The molecule has 4 saturated heterocycles. The van der Waals surface area contributed by atoms with Crippen LogP contribution in [0, 0.1) is 18.8 Å². The largest absolute Gasteiger partial charge is 0.466 e. The highest BCUT2D eigenvalue weighted by atomic mass is 16.6. The average molecular weight is 946 g/mol. The number of nitrogens with zero attached hydrogens (tertiary/aromatic N) is 6. The van der Waals surface area contributed by atoms with E-state index in [0.29, 0.717) is 75.1 Å². The second kappa shape index (κ2) is 24.7. The summed E-state index contributed by atoms with van der Waals surface area (Å²) in [5, 5.41) is 3.03. The van der Waals surface area contributed by atoms with Crippen molar-refractivity contribution in [2.75, 3.05) is 90.6 Å². The van der Waals surface area contributed by atoms with Crippen LogP contribution in [0.15, 0.2) is 45.6 Å². The first-order valence-electron chi connectivity index (χ1n) is 24.5. The molecule has 5 aliphatic rings. The van der Waals surface area contributed by atoms with Crippen molar-refractivity contribution in [1.29, 1.82) is 0 Å². The lowest BCUT2D eigenvalue weighted by Crippen LogP contribution is -2.51. The van der Waals surface area contributed by atoms with Crippen molar-refractivity contribution >= 4 is 46.7 Å². The molecule has 0 unspecified atom stereocenters. The summed E-state index contributed by atoms with van der Waals surface area (Å²) in [6.07, 6.45) is 5.95. The summed E-state index contributed by atoms with van der Waals surface area (Å²) < 4.78 is 23.4. The van der Waals surface area contributed by atoms with Crippen molar-refractivity contribution in [1.82, 2.24) is 29.1 Å². The van der Waals surface area contributed by atoms with Crippen LogP contribution >= 0.6 is 0 Å². The molecule has 0 spiro atoms. The molecule has 5 amide bonds. The zero-order valence-electron chi connectivity index (χ0n) is 40.0. The van der Waals surface area contributed by atoms with Gasteiger partial charge in [-0.15, -0.1) is 0 Å². The van der Waals surface area contributed by atoms with E-state index in [2.05, 4.69) is 24.1 Å². The van der Waals surface area contributed by atoms with Crippen molar-refractivity contribution in [2.45, 2.75) is 111 Å². The van der Waals surface area contributed by atoms with Crippen LogP contribution in [0.3, 0.4) is 0 Å². The van der Waals surface area contributed by atoms with E-state index in [1.165, 1.54) is 4.57 Å². The van der Waals surface area contributed by atoms with Crippen LogP contribution in [0.25, 0.3) is 11.1 Å². The molecule has 5 aliphatic heterocycles. The number of fused-ring (bicyclic) bond motifs is 2. The maximum atomic E-state index is 13.8. The summed E-state index contributed by atoms with van der Waals surface area (Å²) >= 11 is 0. The van der Waals surface area contributed by atoms with Gasteiger partial charge in [0.1, 0.15) is 0 Å². The molecular formula is C51H75N7O10. The highest BCUT2D eigenvalue weighted by Crippen LogP contribution is 2.27. The second-order valence-electron chi connectivity index (χ2n) is 19.1. The number of aromatic nitrogens is 1. The number of likely N-dealkylation sites (tertiary alicyclic amines) is 3. The Morgan fingerprint density at radius 2 is 1.46 bits per heavy atom. The summed E-state index contributed by atoms with van der Waals surface area (Å²) in [5.41, 5.74) is 4.72. The Balaban J connectivity index is 0.000000269. The second-order valence-corrected chi connectivity index (χ2v) is 19.1. The van der Waals surface area contributed by atoms with Crippen molar-refractivity contribution in [3.63, 3.8) is 0 Å². The number of esters is 1.